The molecule has 0 bridgehead atoms. The number of rotatable bonds is 12. The van der Waals surface area contributed by atoms with Gasteiger partial charge in [-0.25, -0.2) is 4.68 Å². The molecule has 1 aliphatic rings. The molecule has 0 unspecified atom stereocenters. The van der Waals surface area contributed by atoms with Crippen molar-refractivity contribution in [2.24, 2.45) is 11.7 Å². The van der Waals surface area contributed by atoms with Crippen molar-refractivity contribution in [3.8, 4) is 11.3 Å². The van der Waals surface area contributed by atoms with Crippen LogP contribution in [0.15, 0.2) is 66.9 Å². The molecule has 2 aromatic carbocycles. The number of hydrogen-bond donors (Lipinski definition) is 4. The van der Waals surface area contributed by atoms with E-state index in [2.05, 4.69) is 26.3 Å². The first-order valence-corrected chi connectivity index (χ1v) is 14.5. The molecule has 1 aliphatic heterocycles. The van der Waals surface area contributed by atoms with E-state index in [1.807, 2.05) is 74.5 Å². The molecule has 5 atom stereocenters. The summed E-state index contributed by atoms with van der Waals surface area (Å²) in [5.74, 6) is -2.16. The third-order valence-corrected chi connectivity index (χ3v) is 7.82. The van der Waals surface area contributed by atoms with E-state index in [0.717, 1.165) is 11.1 Å². The number of primary amides is 1. The Morgan fingerprint density at radius 2 is 1.63 bits per heavy atom. The van der Waals surface area contributed by atoms with E-state index in [1.54, 1.807) is 24.9 Å². The van der Waals surface area contributed by atoms with Gasteiger partial charge < -0.3 is 26.6 Å². The summed E-state index contributed by atoms with van der Waals surface area (Å²) >= 11 is 0. The Morgan fingerprint density at radius 1 is 0.977 bits per heavy atom. The average molecular weight is 589 g/mol. The van der Waals surface area contributed by atoms with Gasteiger partial charge in [-0.2, -0.15) is 0 Å². The Balaban J connectivity index is 1.61. The van der Waals surface area contributed by atoms with Crippen molar-refractivity contribution in [1.82, 2.24) is 35.8 Å². The normalized spacial score (nSPS) is 18.6. The molecule has 2 heterocycles. The van der Waals surface area contributed by atoms with Gasteiger partial charge in [0, 0.05) is 24.9 Å². The molecule has 12 nitrogen and oxygen atoms in total. The highest BCUT2D eigenvalue weighted by atomic mass is 16.2. The Morgan fingerprint density at radius 3 is 2.23 bits per heavy atom. The van der Waals surface area contributed by atoms with Crippen LogP contribution in [0.4, 0.5) is 0 Å². The molecule has 1 fully saturated rings. The molecule has 1 saturated heterocycles. The quantitative estimate of drug-likeness (QED) is 0.246. The Hall–Kier alpha value is -4.58. The number of nitrogens with one attached hydrogen (secondary N) is 3. The molecule has 0 saturated carbocycles. The van der Waals surface area contributed by atoms with E-state index < -0.39 is 41.9 Å². The first-order valence-electron chi connectivity index (χ1n) is 14.5. The number of amides is 4. The fourth-order valence-electron chi connectivity index (χ4n) is 5.14. The van der Waals surface area contributed by atoms with Crippen LogP contribution in [0.25, 0.3) is 11.3 Å². The van der Waals surface area contributed by atoms with Gasteiger partial charge in [0.2, 0.25) is 23.6 Å². The van der Waals surface area contributed by atoms with Crippen molar-refractivity contribution in [3.05, 3.63) is 72.4 Å². The lowest BCUT2D eigenvalue weighted by Gasteiger charge is -2.31. The van der Waals surface area contributed by atoms with Crippen LogP contribution in [-0.2, 0) is 25.6 Å². The van der Waals surface area contributed by atoms with Gasteiger partial charge in [-0.15, -0.1) is 5.10 Å². The van der Waals surface area contributed by atoms with Crippen LogP contribution in [0.1, 0.15) is 38.8 Å². The van der Waals surface area contributed by atoms with Gasteiger partial charge in [0.25, 0.3) is 0 Å². The molecular formula is C31H40N8O4. The highest BCUT2D eigenvalue weighted by Gasteiger charge is 2.44. The van der Waals surface area contributed by atoms with Gasteiger partial charge in [-0.1, -0.05) is 79.7 Å². The first-order chi connectivity index (χ1) is 20.6. The maximum Gasteiger partial charge on any atom is 0.246 e. The van der Waals surface area contributed by atoms with Crippen LogP contribution >= 0.6 is 0 Å². The van der Waals surface area contributed by atoms with E-state index in [9.17, 15) is 19.2 Å². The number of carbonyl (C=O) groups excluding carboxylic acids is 4. The minimum atomic E-state index is -0.973. The zero-order valence-electron chi connectivity index (χ0n) is 24.9. The summed E-state index contributed by atoms with van der Waals surface area (Å²) in [6.07, 6.45) is 2.24. The molecule has 0 aliphatic carbocycles. The summed E-state index contributed by atoms with van der Waals surface area (Å²) in [4.78, 5) is 54.4. The second-order valence-electron chi connectivity index (χ2n) is 11.2. The maximum absolute atomic E-state index is 14.0. The van der Waals surface area contributed by atoms with Gasteiger partial charge in [-0.3, -0.25) is 19.2 Å². The van der Waals surface area contributed by atoms with Crippen molar-refractivity contribution in [2.45, 2.75) is 63.8 Å². The number of hydrogen-bond acceptors (Lipinski definition) is 7. The fourth-order valence-corrected chi connectivity index (χ4v) is 5.14. The van der Waals surface area contributed by atoms with E-state index >= 15 is 0 Å². The molecule has 228 valence electrons. The molecular weight excluding hydrogens is 548 g/mol. The zero-order valence-corrected chi connectivity index (χ0v) is 24.9. The zero-order chi connectivity index (χ0) is 31.1. The van der Waals surface area contributed by atoms with Crippen LogP contribution in [-0.4, -0.2) is 81.3 Å². The monoisotopic (exact) mass is 588 g/mol. The lowest BCUT2D eigenvalue weighted by atomic mass is 10.0. The van der Waals surface area contributed by atoms with Crippen molar-refractivity contribution >= 4 is 23.6 Å². The fraction of sp³-hybridized carbons (Fsp3) is 0.419. The number of benzene rings is 2. The second kappa shape index (κ2) is 14.1. The Labute approximate surface area is 251 Å². The van der Waals surface area contributed by atoms with E-state index in [4.69, 9.17) is 5.73 Å². The van der Waals surface area contributed by atoms with Gasteiger partial charge in [0.15, 0.2) is 0 Å². The molecule has 0 spiro atoms. The second-order valence-corrected chi connectivity index (χ2v) is 11.2. The van der Waals surface area contributed by atoms with Crippen LogP contribution in [0, 0.1) is 5.92 Å². The van der Waals surface area contributed by atoms with Crippen molar-refractivity contribution in [2.75, 3.05) is 13.6 Å². The molecule has 4 amide bonds. The van der Waals surface area contributed by atoms with Gasteiger partial charge in [0.05, 0.1) is 18.3 Å². The van der Waals surface area contributed by atoms with Gasteiger partial charge >= 0.3 is 0 Å². The first kappa shape index (κ1) is 31.4. The predicted octanol–water partition coefficient (Wildman–Crippen LogP) is 1.05. The summed E-state index contributed by atoms with van der Waals surface area (Å²) in [5.41, 5.74) is 8.06. The highest BCUT2D eigenvalue weighted by Crippen LogP contribution is 2.30. The van der Waals surface area contributed by atoms with Crippen molar-refractivity contribution in [3.63, 3.8) is 0 Å². The Kier molecular flexibility index (Phi) is 10.3. The van der Waals surface area contributed by atoms with Crippen molar-refractivity contribution < 1.29 is 19.2 Å². The topological polar surface area (TPSA) is 164 Å². The van der Waals surface area contributed by atoms with Crippen LogP contribution in [0.2, 0.25) is 0 Å². The van der Waals surface area contributed by atoms with Gasteiger partial charge in [-0.05, 0) is 25.5 Å². The van der Waals surface area contributed by atoms with E-state index in [1.165, 1.54) is 4.90 Å². The minimum absolute atomic E-state index is 0.162. The number of aromatic nitrogens is 3. The molecule has 12 heteroatoms. The minimum Gasteiger partial charge on any atom is -0.368 e. The molecule has 5 N–H and O–H groups in total. The Bertz CT molecular complexity index is 1410. The molecule has 1 aromatic heterocycles. The molecule has 3 aromatic rings. The summed E-state index contributed by atoms with van der Waals surface area (Å²) in [7, 11) is 1.66. The number of nitrogens with two attached hydrogens (primary N) is 1. The number of nitrogens with zero attached hydrogens (tertiary/aromatic N) is 4. The summed E-state index contributed by atoms with van der Waals surface area (Å²) < 4.78 is 1.66. The van der Waals surface area contributed by atoms with Gasteiger partial charge in [0.1, 0.15) is 23.8 Å². The van der Waals surface area contributed by atoms with E-state index in [-0.39, 0.29) is 37.3 Å². The maximum atomic E-state index is 14.0. The van der Waals surface area contributed by atoms with Crippen LogP contribution in [0.3, 0.4) is 0 Å². The lowest BCUT2D eigenvalue weighted by molar-refractivity contribution is -0.143. The standard InChI is InChI=1S/C31H40N8O4/c1-19(2)27(35-29(41)20(3)33-4)31(43)38-17-23(39-18-25(36-37-39)22-13-9-6-10-14-22)16-26(38)30(42)34-24(28(32)40)15-21-11-7-5-8-12-21/h5-14,18-20,23-24,26-27,33H,15-17H2,1-4H3,(H2,32,40)(H,34,42)(H,35,41)/t20-,23+,24-,26-,27-/m0/s1. The van der Waals surface area contributed by atoms with Crippen molar-refractivity contribution in [1.29, 1.82) is 0 Å². The molecule has 0 radical (unpaired) electrons. The molecule has 43 heavy (non-hydrogen) atoms. The SMILES string of the molecule is CN[C@@H](C)C(=O)N[C@H](C(=O)N1C[C@H](n2cc(-c3ccccc3)nn2)C[C@H]1C(=O)N[C@@H](Cc1ccccc1)C(N)=O)C(C)C. The highest BCUT2D eigenvalue weighted by molar-refractivity contribution is 5.95. The average Bonchev–Trinajstić information content (AvgIpc) is 3.68. The van der Waals surface area contributed by atoms with Crippen LogP contribution in [0.5, 0.6) is 0 Å². The summed E-state index contributed by atoms with van der Waals surface area (Å²) in [6.45, 7) is 5.53. The third kappa shape index (κ3) is 7.63. The number of likely N-dealkylation sites (tertiary alicyclic amines) is 1. The third-order valence-electron chi connectivity index (χ3n) is 7.82. The lowest BCUT2D eigenvalue weighted by Crippen LogP contribution is -2.58. The number of carbonyl (C=O) groups is 4. The molecule has 4 rings (SSSR count). The van der Waals surface area contributed by atoms with Crippen LogP contribution < -0.4 is 21.7 Å². The summed E-state index contributed by atoms with van der Waals surface area (Å²) in [5, 5.41) is 17.1. The summed E-state index contributed by atoms with van der Waals surface area (Å²) in [6, 6.07) is 15.2. The number of likely N-dealkylation sites (N-methyl/N-ethyl adjacent to an activating group) is 1. The predicted molar refractivity (Wildman–Crippen MR) is 161 cm³/mol. The van der Waals surface area contributed by atoms with E-state index in [0.29, 0.717) is 5.69 Å². The smallest absolute Gasteiger partial charge is 0.246 e. The largest absolute Gasteiger partial charge is 0.368 e.